The van der Waals surface area contributed by atoms with Crippen LogP contribution in [0, 0.1) is 6.92 Å². The van der Waals surface area contributed by atoms with Crippen LogP contribution in [0.15, 0.2) is 35.7 Å². The first-order valence-corrected chi connectivity index (χ1v) is 6.74. The molecule has 0 radical (unpaired) electrons. The van der Waals surface area contributed by atoms with Crippen LogP contribution in [0.2, 0.25) is 0 Å². The summed E-state index contributed by atoms with van der Waals surface area (Å²) in [5.74, 6) is 0. The molecule has 90 valence electrons. The molecule has 1 aromatic heterocycles. The fourth-order valence-corrected chi connectivity index (χ4v) is 2.69. The Bertz CT molecular complexity index is 477. The third kappa shape index (κ3) is 2.80. The highest BCUT2D eigenvalue weighted by atomic mass is 32.1. The zero-order chi connectivity index (χ0) is 12.3. The van der Waals surface area contributed by atoms with Gasteiger partial charge in [-0.05, 0) is 48.6 Å². The minimum atomic E-state index is 0.387. The van der Waals surface area contributed by atoms with Crippen molar-refractivity contribution in [3.05, 3.63) is 46.2 Å². The van der Waals surface area contributed by atoms with Gasteiger partial charge >= 0.3 is 0 Å². The molecular formula is C14H18N2S. The molecule has 0 amide bonds. The predicted octanol–water partition coefficient (Wildman–Crippen LogP) is 4.20. The summed E-state index contributed by atoms with van der Waals surface area (Å²) in [5.41, 5.74) is 8.93. The van der Waals surface area contributed by atoms with E-state index in [1.165, 1.54) is 4.88 Å². The van der Waals surface area contributed by atoms with Gasteiger partial charge < -0.3 is 11.1 Å². The molecule has 2 nitrogen and oxygen atoms in total. The molecule has 0 aliphatic carbocycles. The summed E-state index contributed by atoms with van der Waals surface area (Å²) in [7, 11) is 0. The van der Waals surface area contributed by atoms with Crippen molar-refractivity contribution in [1.29, 1.82) is 0 Å². The number of aryl methyl sites for hydroxylation is 1. The molecule has 0 aliphatic rings. The van der Waals surface area contributed by atoms with E-state index in [0.29, 0.717) is 6.04 Å². The lowest BCUT2D eigenvalue weighted by Gasteiger charge is -2.17. The van der Waals surface area contributed by atoms with Crippen LogP contribution in [0.25, 0.3) is 0 Å². The Hall–Kier alpha value is -1.48. The van der Waals surface area contributed by atoms with Crippen molar-refractivity contribution in [2.75, 3.05) is 11.1 Å². The second-order valence-electron chi connectivity index (χ2n) is 4.19. The number of anilines is 2. The zero-order valence-corrected chi connectivity index (χ0v) is 11.1. The Labute approximate surface area is 106 Å². The molecule has 2 rings (SSSR count). The quantitative estimate of drug-likeness (QED) is 0.793. The summed E-state index contributed by atoms with van der Waals surface area (Å²) in [6.07, 6.45) is 1.07. The molecule has 0 aliphatic heterocycles. The SMILES string of the molecule is CCC(Nc1ccc(N)c(C)c1)c1cccs1. The highest BCUT2D eigenvalue weighted by Crippen LogP contribution is 2.27. The highest BCUT2D eigenvalue weighted by Gasteiger charge is 2.10. The number of rotatable bonds is 4. The largest absolute Gasteiger partial charge is 0.399 e. The van der Waals surface area contributed by atoms with Gasteiger partial charge in [-0.1, -0.05) is 13.0 Å². The molecule has 0 bridgehead atoms. The molecule has 3 N–H and O–H groups in total. The maximum atomic E-state index is 5.82. The van der Waals surface area contributed by atoms with Crippen LogP contribution in [0.5, 0.6) is 0 Å². The van der Waals surface area contributed by atoms with Gasteiger partial charge in [-0.15, -0.1) is 11.3 Å². The van der Waals surface area contributed by atoms with Crippen LogP contribution < -0.4 is 11.1 Å². The molecular weight excluding hydrogens is 228 g/mol. The first-order chi connectivity index (χ1) is 8.20. The Balaban J connectivity index is 2.16. The van der Waals surface area contributed by atoms with Crippen molar-refractivity contribution >= 4 is 22.7 Å². The second kappa shape index (κ2) is 5.23. The number of nitrogens with two attached hydrogens (primary N) is 1. The van der Waals surface area contributed by atoms with Gasteiger partial charge in [-0.25, -0.2) is 0 Å². The van der Waals surface area contributed by atoms with Gasteiger partial charge in [-0.2, -0.15) is 0 Å². The van der Waals surface area contributed by atoms with Crippen LogP contribution in [-0.4, -0.2) is 0 Å². The lowest BCUT2D eigenvalue weighted by Crippen LogP contribution is -2.08. The van der Waals surface area contributed by atoms with Crippen molar-refractivity contribution in [3.8, 4) is 0 Å². The van der Waals surface area contributed by atoms with Gasteiger partial charge in [0.15, 0.2) is 0 Å². The smallest absolute Gasteiger partial charge is 0.0603 e. The zero-order valence-electron chi connectivity index (χ0n) is 10.2. The summed E-state index contributed by atoms with van der Waals surface area (Å²) in [5, 5.41) is 5.67. The van der Waals surface area contributed by atoms with Crippen molar-refractivity contribution in [1.82, 2.24) is 0 Å². The minimum absolute atomic E-state index is 0.387. The highest BCUT2D eigenvalue weighted by molar-refractivity contribution is 7.10. The van der Waals surface area contributed by atoms with Crippen molar-refractivity contribution < 1.29 is 0 Å². The summed E-state index contributed by atoms with van der Waals surface area (Å²) in [4.78, 5) is 1.38. The van der Waals surface area contributed by atoms with E-state index in [0.717, 1.165) is 23.4 Å². The number of benzene rings is 1. The van der Waals surface area contributed by atoms with Crippen LogP contribution in [0.4, 0.5) is 11.4 Å². The number of thiophene rings is 1. The Morgan fingerprint density at radius 3 is 2.76 bits per heavy atom. The summed E-state index contributed by atoms with van der Waals surface area (Å²) < 4.78 is 0. The van der Waals surface area contributed by atoms with Gasteiger partial charge in [0, 0.05) is 16.3 Å². The number of nitrogens with one attached hydrogen (secondary N) is 1. The van der Waals surface area contributed by atoms with E-state index in [9.17, 15) is 0 Å². The second-order valence-corrected chi connectivity index (χ2v) is 5.17. The first kappa shape index (κ1) is 12.0. The molecule has 0 fully saturated rings. The van der Waals surface area contributed by atoms with E-state index in [2.05, 4.69) is 35.8 Å². The minimum Gasteiger partial charge on any atom is -0.399 e. The van der Waals surface area contributed by atoms with Crippen molar-refractivity contribution in [2.24, 2.45) is 0 Å². The topological polar surface area (TPSA) is 38.0 Å². The van der Waals surface area contributed by atoms with E-state index in [-0.39, 0.29) is 0 Å². The molecule has 0 saturated heterocycles. The normalized spacial score (nSPS) is 12.4. The maximum absolute atomic E-state index is 5.82. The van der Waals surface area contributed by atoms with Gasteiger partial charge in [0.05, 0.1) is 6.04 Å². The van der Waals surface area contributed by atoms with Crippen LogP contribution in [-0.2, 0) is 0 Å². The molecule has 1 atom stereocenters. The van der Waals surface area contributed by atoms with Gasteiger partial charge in [0.2, 0.25) is 0 Å². The fraction of sp³-hybridized carbons (Fsp3) is 0.286. The number of nitrogen functional groups attached to an aromatic ring is 1. The first-order valence-electron chi connectivity index (χ1n) is 5.86. The Morgan fingerprint density at radius 2 is 2.18 bits per heavy atom. The molecule has 1 heterocycles. The average Bonchev–Trinajstić information content (AvgIpc) is 2.84. The van der Waals surface area contributed by atoms with Crippen LogP contribution >= 0.6 is 11.3 Å². The number of hydrogen-bond acceptors (Lipinski definition) is 3. The Morgan fingerprint density at radius 1 is 1.35 bits per heavy atom. The van der Waals surface area contributed by atoms with Crippen molar-refractivity contribution in [3.63, 3.8) is 0 Å². The summed E-state index contributed by atoms with van der Waals surface area (Å²) >= 11 is 1.80. The van der Waals surface area contributed by atoms with E-state index in [1.807, 2.05) is 19.1 Å². The third-order valence-electron chi connectivity index (χ3n) is 2.91. The lowest BCUT2D eigenvalue weighted by atomic mass is 10.1. The average molecular weight is 246 g/mol. The molecule has 0 saturated carbocycles. The maximum Gasteiger partial charge on any atom is 0.0603 e. The van der Waals surface area contributed by atoms with Gasteiger partial charge in [0.1, 0.15) is 0 Å². The van der Waals surface area contributed by atoms with Gasteiger partial charge in [0.25, 0.3) is 0 Å². The van der Waals surface area contributed by atoms with Crippen LogP contribution in [0.3, 0.4) is 0 Å². The fourth-order valence-electron chi connectivity index (χ4n) is 1.83. The third-order valence-corrected chi connectivity index (χ3v) is 3.89. The molecule has 0 spiro atoms. The van der Waals surface area contributed by atoms with Crippen molar-refractivity contribution in [2.45, 2.75) is 26.3 Å². The standard InChI is InChI=1S/C14H18N2S/c1-3-13(14-5-4-8-17-14)16-11-6-7-12(15)10(2)9-11/h4-9,13,16H,3,15H2,1-2H3. The van der Waals surface area contributed by atoms with Gasteiger partial charge in [-0.3, -0.25) is 0 Å². The molecule has 2 aromatic rings. The molecule has 3 heteroatoms. The van der Waals surface area contributed by atoms with E-state index < -0.39 is 0 Å². The van der Waals surface area contributed by atoms with E-state index in [1.54, 1.807) is 11.3 Å². The lowest BCUT2D eigenvalue weighted by molar-refractivity contribution is 0.764. The monoisotopic (exact) mass is 246 g/mol. The van der Waals surface area contributed by atoms with E-state index >= 15 is 0 Å². The molecule has 17 heavy (non-hydrogen) atoms. The summed E-state index contributed by atoms with van der Waals surface area (Å²) in [6.45, 7) is 4.23. The van der Waals surface area contributed by atoms with E-state index in [4.69, 9.17) is 5.73 Å². The molecule has 1 aromatic carbocycles. The molecule has 1 unspecified atom stereocenters. The number of hydrogen-bond donors (Lipinski definition) is 2. The summed E-state index contributed by atoms with van der Waals surface area (Å²) in [6, 6.07) is 10.8. The Kier molecular flexibility index (Phi) is 3.69. The predicted molar refractivity (Wildman–Crippen MR) is 76.6 cm³/mol. The van der Waals surface area contributed by atoms with Crippen LogP contribution in [0.1, 0.15) is 29.8 Å².